The Morgan fingerprint density at radius 3 is 2.81 bits per heavy atom. The van der Waals surface area contributed by atoms with Gasteiger partial charge in [-0.1, -0.05) is 24.3 Å². The molecule has 0 bridgehead atoms. The summed E-state index contributed by atoms with van der Waals surface area (Å²) in [5.74, 6) is -0.0419. The van der Waals surface area contributed by atoms with Crippen LogP contribution in [0.2, 0.25) is 0 Å². The minimum atomic E-state index is -0.0419. The Hall–Kier alpha value is -2.24. The molecule has 0 spiro atoms. The van der Waals surface area contributed by atoms with Crippen molar-refractivity contribution in [3.8, 4) is 0 Å². The molecule has 0 aliphatic rings. The molecule has 0 radical (unpaired) electrons. The summed E-state index contributed by atoms with van der Waals surface area (Å²) in [7, 11) is 0. The van der Waals surface area contributed by atoms with E-state index in [-0.39, 0.29) is 5.91 Å². The van der Waals surface area contributed by atoms with E-state index in [1.807, 2.05) is 42.5 Å². The Balaban J connectivity index is 1.73. The van der Waals surface area contributed by atoms with Crippen molar-refractivity contribution in [3.63, 3.8) is 0 Å². The van der Waals surface area contributed by atoms with E-state index in [1.165, 1.54) is 0 Å². The van der Waals surface area contributed by atoms with E-state index < -0.39 is 0 Å². The molecule has 3 N–H and O–H groups in total. The van der Waals surface area contributed by atoms with Crippen LogP contribution >= 0.6 is 11.3 Å². The number of hydrogen-bond acceptors (Lipinski definition) is 4. The van der Waals surface area contributed by atoms with E-state index in [4.69, 9.17) is 5.73 Å². The first-order valence-corrected chi connectivity index (χ1v) is 7.54. The van der Waals surface area contributed by atoms with Gasteiger partial charge in [0.05, 0.1) is 22.1 Å². The minimum Gasteiger partial charge on any atom is -0.326 e. The predicted octanol–water partition coefficient (Wildman–Crippen LogP) is 2.94. The molecule has 3 rings (SSSR count). The Morgan fingerprint density at radius 2 is 2.00 bits per heavy atom. The first-order valence-electron chi connectivity index (χ1n) is 6.66. The first kappa shape index (κ1) is 13.7. The summed E-state index contributed by atoms with van der Waals surface area (Å²) in [5, 5.41) is 2.92. The largest absolute Gasteiger partial charge is 0.326 e. The number of aromatic nitrogens is 1. The van der Waals surface area contributed by atoms with E-state index in [2.05, 4.69) is 10.3 Å². The molecule has 3 aromatic rings. The number of nitrogens with zero attached hydrogens (tertiary/aromatic N) is 1. The van der Waals surface area contributed by atoms with Gasteiger partial charge < -0.3 is 11.1 Å². The Bertz CT molecular complexity index is 782. The molecule has 5 heteroatoms. The summed E-state index contributed by atoms with van der Waals surface area (Å²) in [5.41, 5.74) is 11.2. The second kappa shape index (κ2) is 6.03. The molecular formula is C16H15N3OS. The molecule has 0 unspecified atom stereocenters. The summed E-state index contributed by atoms with van der Waals surface area (Å²) in [6, 6.07) is 13.5. The lowest BCUT2D eigenvalue weighted by Gasteiger charge is -2.08. The number of carbonyl (C=O) groups is 1. The van der Waals surface area contributed by atoms with Crippen molar-refractivity contribution in [1.82, 2.24) is 4.98 Å². The summed E-state index contributed by atoms with van der Waals surface area (Å²) in [6.45, 7) is 0.441. The lowest BCUT2D eigenvalue weighted by molar-refractivity contribution is -0.115. The molecule has 4 nitrogen and oxygen atoms in total. The number of hydrogen-bond donors (Lipinski definition) is 2. The van der Waals surface area contributed by atoms with Crippen molar-refractivity contribution in [2.75, 3.05) is 5.32 Å². The van der Waals surface area contributed by atoms with E-state index in [0.29, 0.717) is 13.0 Å². The van der Waals surface area contributed by atoms with Gasteiger partial charge in [-0.2, -0.15) is 0 Å². The number of benzene rings is 2. The van der Waals surface area contributed by atoms with E-state index in [9.17, 15) is 4.79 Å². The van der Waals surface area contributed by atoms with Crippen LogP contribution < -0.4 is 11.1 Å². The number of nitrogens with two attached hydrogens (primary N) is 1. The fourth-order valence-corrected chi connectivity index (χ4v) is 2.96. The van der Waals surface area contributed by atoms with Crippen molar-refractivity contribution >= 4 is 33.1 Å². The highest BCUT2D eigenvalue weighted by Gasteiger charge is 2.08. The molecule has 1 amide bonds. The smallest absolute Gasteiger partial charge is 0.228 e. The summed E-state index contributed by atoms with van der Waals surface area (Å²) in [4.78, 5) is 16.4. The minimum absolute atomic E-state index is 0.0419. The number of nitrogens with one attached hydrogen (secondary N) is 1. The maximum Gasteiger partial charge on any atom is 0.228 e. The van der Waals surface area contributed by atoms with Crippen LogP contribution in [-0.2, 0) is 17.8 Å². The molecule has 1 aromatic heterocycles. The molecule has 0 atom stereocenters. The van der Waals surface area contributed by atoms with Crippen molar-refractivity contribution in [2.24, 2.45) is 5.73 Å². The molecule has 0 saturated carbocycles. The Morgan fingerprint density at radius 1 is 1.19 bits per heavy atom. The molecule has 2 aromatic carbocycles. The lowest BCUT2D eigenvalue weighted by atomic mass is 10.0. The zero-order valence-corrected chi connectivity index (χ0v) is 12.2. The Kier molecular flexibility index (Phi) is 3.94. The van der Waals surface area contributed by atoms with Crippen LogP contribution in [0.15, 0.2) is 48.0 Å². The molecule has 21 heavy (non-hydrogen) atoms. The molecule has 0 aliphatic carbocycles. The van der Waals surface area contributed by atoms with Gasteiger partial charge in [0, 0.05) is 12.2 Å². The highest BCUT2D eigenvalue weighted by molar-refractivity contribution is 7.16. The third kappa shape index (κ3) is 3.09. The number of amides is 1. The fraction of sp³-hybridized carbons (Fsp3) is 0.125. The number of thiazole rings is 1. The normalized spacial score (nSPS) is 10.7. The van der Waals surface area contributed by atoms with Gasteiger partial charge in [-0.3, -0.25) is 4.79 Å². The second-order valence-corrected chi connectivity index (χ2v) is 5.62. The average molecular weight is 297 g/mol. The van der Waals surface area contributed by atoms with Gasteiger partial charge >= 0.3 is 0 Å². The molecule has 0 saturated heterocycles. The average Bonchev–Trinajstić information content (AvgIpc) is 2.95. The van der Waals surface area contributed by atoms with Gasteiger partial charge in [-0.25, -0.2) is 4.98 Å². The van der Waals surface area contributed by atoms with Crippen LogP contribution in [0.1, 0.15) is 11.1 Å². The third-order valence-electron chi connectivity index (χ3n) is 3.30. The zero-order valence-electron chi connectivity index (χ0n) is 11.4. The Labute approximate surface area is 126 Å². The maximum atomic E-state index is 12.2. The van der Waals surface area contributed by atoms with Gasteiger partial charge in [0.15, 0.2) is 0 Å². The molecule has 0 fully saturated rings. The van der Waals surface area contributed by atoms with Gasteiger partial charge in [-0.05, 0) is 29.3 Å². The monoisotopic (exact) mass is 297 g/mol. The van der Waals surface area contributed by atoms with E-state index in [1.54, 1.807) is 16.8 Å². The van der Waals surface area contributed by atoms with Crippen molar-refractivity contribution in [1.29, 1.82) is 0 Å². The topological polar surface area (TPSA) is 68.0 Å². The van der Waals surface area contributed by atoms with Gasteiger partial charge in [0.25, 0.3) is 0 Å². The maximum absolute atomic E-state index is 12.2. The van der Waals surface area contributed by atoms with Gasteiger partial charge in [-0.15, -0.1) is 11.3 Å². The molecular weight excluding hydrogens is 282 g/mol. The fourth-order valence-electron chi connectivity index (χ4n) is 2.24. The number of fused-ring (bicyclic) bond motifs is 1. The number of anilines is 1. The van der Waals surface area contributed by atoms with Crippen LogP contribution in [0.5, 0.6) is 0 Å². The van der Waals surface area contributed by atoms with Crippen LogP contribution in [0.3, 0.4) is 0 Å². The van der Waals surface area contributed by atoms with Gasteiger partial charge in [0.1, 0.15) is 0 Å². The van der Waals surface area contributed by atoms with Crippen LogP contribution in [-0.4, -0.2) is 10.9 Å². The highest BCUT2D eigenvalue weighted by Crippen LogP contribution is 2.22. The van der Waals surface area contributed by atoms with Gasteiger partial charge in [0.2, 0.25) is 5.91 Å². The van der Waals surface area contributed by atoms with Crippen LogP contribution in [0.25, 0.3) is 10.2 Å². The van der Waals surface area contributed by atoms with E-state index >= 15 is 0 Å². The molecule has 0 aliphatic heterocycles. The van der Waals surface area contributed by atoms with Crippen LogP contribution in [0, 0.1) is 0 Å². The van der Waals surface area contributed by atoms with Crippen molar-refractivity contribution < 1.29 is 4.79 Å². The first-order chi connectivity index (χ1) is 10.3. The summed E-state index contributed by atoms with van der Waals surface area (Å²) < 4.78 is 1.06. The second-order valence-electron chi connectivity index (χ2n) is 4.73. The number of rotatable bonds is 4. The quantitative estimate of drug-likeness (QED) is 0.778. The van der Waals surface area contributed by atoms with Crippen LogP contribution in [0.4, 0.5) is 5.69 Å². The highest BCUT2D eigenvalue weighted by atomic mass is 32.1. The standard InChI is InChI=1S/C16H15N3OS/c17-9-12-4-2-1-3-11(12)7-16(20)19-13-5-6-14-15(8-13)21-10-18-14/h1-6,8,10H,7,9,17H2,(H,19,20). The SMILES string of the molecule is NCc1ccccc1CC(=O)Nc1ccc2ncsc2c1. The van der Waals surface area contributed by atoms with Crippen molar-refractivity contribution in [2.45, 2.75) is 13.0 Å². The molecule has 1 heterocycles. The lowest BCUT2D eigenvalue weighted by Crippen LogP contribution is -2.16. The van der Waals surface area contributed by atoms with E-state index in [0.717, 1.165) is 27.0 Å². The molecule has 106 valence electrons. The summed E-state index contributed by atoms with van der Waals surface area (Å²) >= 11 is 1.56. The predicted molar refractivity (Wildman–Crippen MR) is 86.3 cm³/mol. The summed E-state index contributed by atoms with van der Waals surface area (Å²) in [6.07, 6.45) is 0.327. The third-order valence-corrected chi connectivity index (χ3v) is 4.10. The number of carbonyl (C=O) groups excluding carboxylic acids is 1. The van der Waals surface area contributed by atoms with Crippen molar-refractivity contribution in [3.05, 3.63) is 59.1 Å². The zero-order chi connectivity index (χ0) is 14.7.